The molecule has 5 nitrogen and oxygen atoms in total. The molecule has 0 aromatic carbocycles. The number of nitrogens with two attached hydrogens (primary N) is 1. The maximum Gasteiger partial charge on any atom is 1.00 e. The lowest BCUT2D eigenvalue weighted by Gasteiger charge is -2.15. The molecule has 112 valence electrons. The predicted octanol–water partition coefficient (Wildman–Crippen LogP) is -0.659. The van der Waals surface area contributed by atoms with Crippen molar-refractivity contribution in [3.05, 3.63) is 28.7 Å². The fourth-order valence-electron chi connectivity index (χ4n) is 1.81. The van der Waals surface area contributed by atoms with Crippen molar-refractivity contribution in [3.63, 3.8) is 0 Å². The number of fused-ring (bicyclic) bond motifs is 1. The molecule has 2 heterocycles. The van der Waals surface area contributed by atoms with Crippen molar-refractivity contribution in [1.82, 2.24) is 9.55 Å². The van der Waals surface area contributed by atoms with Crippen LogP contribution in [0.4, 0.5) is 5.69 Å². The average Bonchev–Trinajstić information content (AvgIpc) is 2.67. The summed E-state index contributed by atoms with van der Waals surface area (Å²) in [5.41, 5.74) is 6.33. The van der Waals surface area contributed by atoms with E-state index in [2.05, 4.69) is 24.6 Å². The summed E-state index contributed by atoms with van der Waals surface area (Å²) in [4.78, 5) is 14.3. The minimum Gasteiger partial charge on any atom is -1.00 e. The Bertz CT molecular complexity index is 636. The van der Waals surface area contributed by atoms with Gasteiger partial charge in [0, 0.05) is 26.3 Å². The summed E-state index contributed by atoms with van der Waals surface area (Å²) in [7, 11) is -1.06. The number of nitrogen functional groups attached to an aromatic ring is 1. The zero-order valence-electron chi connectivity index (χ0n) is 13.1. The molecule has 0 unspecified atom stereocenters. The van der Waals surface area contributed by atoms with Gasteiger partial charge in [-0.1, -0.05) is 19.6 Å². The molecule has 0 spiro atoms. The number of halogens is 1. The summed E-state index contributed by atoms with van der Waals surface area (Å²) in [5.74, 6) is 0. The largest absolute Gasteiger partial charge is 1.00 e. The first-order chi connectivity index (χ1) is 8.87. The van der Waals surface area contributed by atoms with E-state index in [4.69, 9.17) is 10.5 Å². The smallest absolute Gasteiger partial charge is 1.00 e. The van der Waals surface area contributed by atoms with Gasteiger partial charge in [0.05, 0.1) is 5.69 Å². The van der Waals surface area contributed by atoms with Gasteiger partial charge in [-0.15, -0.1) is 0 Å². The summed E-state index contributed by atoms with van der Waals surface area (Å²) in [6.07, 6.45) is 1.90. The number of nitrogens with zero attached hydrogens (tertiary/aromatic N) is 1. The summed E-state index contributed by atoms with van der Waals surface area (Å²) >= 11 is 0. The van der Waals surface area contributed by atoms with Crippen molar-refractivity contribution in [2.24, 2.45) is 0 Å². The van der Waals surface area contributed by atoms with Crippen LogP contribution in [-0.2, 0) is 11.5 Å². The van der Waals surface area contributed by atoms with Crippen LogP contribution in [-0.4, -0.2) is 24.2 Å². The molecule has 0 bridgehead atoms. The second-order valence-electron chi connectivity index (χ2n) is 5.99. The van der Waals surface area contributed by atoms with Gasteiger partial charge in [0.1, 0.15) is 12.4 Å². The number of H-pyrrole nitrogens is 1. The molecule has 20 heavy (non-hydrogen) atoms. The molecular formula is C13H22ClN3O2Si. The van der Waals surface area contributed by atoms with Crippen LogP contribution in [0, 0.1) is 0 Å². The van der Waals surface area contributed by atoms with Gasteiger partial charge in [-0.3, -0.25) is 4.79 Å². The van der Waals surface area contributed by atoms with Gasteiger partial charge in [-0.2, -0.15) is 0 Å². The van der Waals surface area contributed by atoms with Gasteiger partial charge in [0.2, 0.25) is 0 Å². The maximum absolute atomic E-state index is 11.5. The Kier molecular flexibility index (Phi) is 5.44. The van der Waals surface area contributed by atoms with E-state index in [-0.39, 0.29) is 25.1 Å². The number of hydrogen-bond donors (Lipinski definition) is 2. The highest BCUT2D eigenvalue weighted by molar-refractivity contribution is 6.76. The molecule has 2 rings (SSSR count). The molecule has 0 aliphatic heterocycles. The quantitative estimate of drug-likeness (QED) is 0.568. The standard InChI is InChI=1S/C13H21N3O2Si.ClH/c1-19(2,3)7-6-18-9-16-5-4-10-8-11(14)13(17)15-12(10)16;/h4-5,8H,6-7,9,14H2,1-3H3,(H,15,17);1H. The average molecular weight is 316 g/mol. The van der Waals surface area contributed by atoms with E-state index in [1.165, 1.54) is 0 Å². The van der Waals surface area contributed by atoms with Crippen molar-refractivity contribution in [2.45, 2.75) is 32.4 Å². The highest BCUT2D eigenvalue weighted by Crippen LogP contribution is 2.14. The lowest BCUT2D eigenvalue weighted by molar-refractivity contribution is -0.00000554. The van der Waals surface area contributed by atoms with Crippen LogP contribution >= 0.6 is 0 Å². The summed E-state index contributed by atoms with van der Waals surface area (Å²) in [5, 5.41) is 0.922. The van der Waals surface area contributed by atoms with Gasteiger partial charge < -0.3 is 32.4 Å². The molecular weight excluding hydrogens is 294 g/mol. The lowest BCUT2D eigenvalue weighted by Crippen LogP contribution is -3.00. The molecule has 0 amide bonds. The minimum absolute atomic E-state index is 0. The molecule has 0 saturated carbocycles. The summed E-state index contributed by atoms with van der Waals surface area (Å²) in [6, 6.07) is 4.74. The van der Waals surface area contributed by atoms with Crippen molar-refractivity contribution >= 4 is 24.8 Å². The molecule has 0 fully saturated rings. The van der Waals surface area contributed by atoms with Crippen LogP contribution in [0.15, 0.2) is 23.1 Å². The van der Waals surface area contributed by atoms with Crippen molar-refractivity contribution in [1.29, 1.82) is 0 Å². The van der Waals surface area contributed by atoms with Crippen LogP contribution in [0.5, 0.6) is 0 Å². The van der Waals surface area contributed by atoms with E-state index in [0.29, 0.717) is 6.73 Å². The summed E-state index contributed by atoms with van der Waals surface area (Å²) < 4.78 is 7.57. The third kappa shape index (κ3) is 4.13. The number of anilines is 1. The van der Waals surface area contributed by atoms with Gasteiger partial charge >= 0.3 is 1.43 Å². The Balaban J connectivity index is 0.00000200. The molecule has 7 heteroatoms. The van der Waals surface area contributed by atoms with E-state index < -0.39 is 8.07 Å². The zero-order valence-corrected chi connectivity index (χ0v) is 13.8. The molecule has 0 radical (unpaired) electrons. The van der Waals surface area contributed by atoms with Gasteiger partial charge in [0.25, 0.3) is 5.56 Å². The van der Waals surface area contributed by atoms with Crippen LogP contribution in [0.1, 0.15) is 1.43 Å². The molecule has 2 aromatic rings. The second-order valence-corrected chi connectivity index (χ2v) is 11.6. The molecule has 0 aliphatic carbocycles. The van der Waals surface area contributed by atoms with E-state index in [1.807, 2.05) is 16.8 Å². The Morgan fingerprint density at radius 2 is 2.15 bits per heavy atom. The number of pyridine rings is 1. The van der Waals surface area contributed by atoms with Gasteiger partial charge in [-0.05, 0) is 18.2 Å². The number of nitrogens with one attached hydrogen (secondary N) is 1. The van der Waals surface area contributed by atoms with Crippen molar-refractivity contribution < 1.29 is 18.6 Å². The molecule has 2 aromatic heterocycles. The fraction of sp³-hybridized carbons (Fsp3) is 0.462. The molecule has 0 aliphatic rings. The van der Waals surface area contributed by atoms with E-state index in [9.17, 15) is 4.79 Å². The van der Waals surface area contributed by atoms with Crippen molar-refractivity contribution in [3.8, 4) is 0 Å². The van der Waals surface area contributed by atoms with E-state index in [1.54, 1.807) is 6.07 Å². The highest BCUT2D eigenvalue weighted by atomic mass is 35.5. The topological polar surface area (TPSA) is 73.0 Å². The third-order valence-corrected chi connectivity index (χ3v) is 4.73. The molecule has 0 atom stereocenters. The molecule has 0 saturated heterocycles. The number of ether oxygens (including phenoxy) is 1. The maximum atomic E-state index is 11.5. The number of aromatic amines is 1. The van der Waals surface area contributed by atoms with Crippen molar-refractivity contribution in [2.75, 3.05) is 12.3 Å². The second kappa shape index (κ2) is 6.47. The van der Waals surface area contributed by atoms with Crippen LogP contribution in [0.2, 0.25) is 25.7 Å². The first kappa shape index (κ1) is 16.8. The fourth-order valence-corrected chi connectivity index (χ4v) is 2.57. The number of aromatic nitrogens is 2. The van der Waals surface area contributed by atoms with Crippen LogP contribution in [0.25, 0.3) is 11.0 Å². The summed E-state index contributed by atoms with van der Waals surface area (Å²) in [6.45, 7) is 8.17. The third-order valence-electron chi connectivity index (χ3n) is 3.03. The van der Waals surface area contributed by atoms with Gasteiger partial charge in [-0.25, -0.2) is 0 Å². The van der Waals surface area contributed by atoms with E-state index >= 15 is 0 Å². The first-order valence-electron chi connectivity index (χ1n) is 6.42. The Morgan fingerprint density at radius 3 is 2.80 bits per heavy atom. The first-order valence-corrected chi connectivity index (χ1v) is 10.1. The minimum atomic E-state index is -1.06. The van der Waals surface area contributed by atoms with E-state index in [0.717, 1.165) is 23.7 Å². The van der Waals surface area contributed by atoms with Crippen LogP contribution < -0.4 is 23.7 Å². The SMILES string of the molecule is C[Si](C)(C)CCOCn1ccc2cc(N)c(=O)[nH]c21.[Cl-].[H+]. The number of hydrogen-bond acceptors (Lipinski definition) is 3. The lowest BCUT2D eigenvalue weighted by atomic mass is 10.3. The van der Waals surface area contributed by atoms with Gasteiger partial charge in [0.15, 0.2) is 0 Å². The highest BCUT2D eigenvalue weighted by Gasteiger charge is 2.12. The Morgan fingerprint density at radius 1 is 1.45 bits per heavy atom. The predicted molar refractivity (Wildman–Crippen MR) is 82.2 cm³/mol. The Labute approximate surface area is 127 Å². The van der Waals surface area contributed by atoms with Crippen LogP contribution in [0.3, 0.4) is 0 Å². The zero-order chi connectivity index (χ0) is 14.0. The normalized spacial score (nSPS) is 11.6. The number of rotatable bonds is 5. The molecule has 3 N–H and O–H groups in total. The monoisotopic (exact) mass is 315 g/mol. The Hall–Kier alpha value is -1.24.